The highest BCUT2D eigenvalue weighted by Crippen LogP contribution is 2.46. The van der Waals surface area contributed by atoms with E-state index in [1.54, 1.807) is 72.8 Å². The summed E-state index contributed by atoms with van der Waals surface area (Å²) in [6.45, 7) is 0. The van der Waals surface area contributed by atoms with Crippen molar-refractivity contribution in [3.63, 3.8) is 0 Å². The molecule has 1 aliphatic rings. The van der Waals surface area contributed by atoms with Crippen LogP contribution in [0.5, 0.6) is 0 Å². The van der Waals surface area contributed by atoms with Crippen LogP contribution in [0.2, 0.25) is 0 Å². The molecule has 5 nitrogen and oxygen atoms in total. The first-order valence-corrected chi connectivity index (χ1v) is 8.53. The number of benzene rings is 3. The predicted octanol–water partition coefficient (Wildman–Crippen LogP) is 3.83. The Morgan fingerprint density at radius 2 is 1.07 bits per heavy atom. The molecule has 0 heterocycles. The zero-order chi connectivity index (χ0) is 19.0. The fourth-order valence-corrected chi connectivity index (χ4v) is 3.91. The van der Waals surface area contributed by atoms with E-state index in [-0.39, 0.29) is 11.1 Å². The molecular formula is C22H16NO4-. The molecule has 1 N–H and O–H groups in total. The second-order valence-corrected chi connectivity index (χ2v) is 6.50. The van der Waals surface area contributed by atoms with E-state index in [1.165, 1.54) is 12.1 Å². The van der Waals surface area contributed by atoms with Crippen LogP contribution in [0.3, 0.4) is 0 Å². The molecule has 27 heavy (non-hydrogen) atoms. The van der Waals surface area contributed by atoms with E-state index in [4.69, 9.17) is 0 Å². The lowest BCUT2D eigenvalue weighted by molar-refractivity contribution is -0.101. The van der Waals surface area contributed by atoms with Crippen LogP contribution in [0.15, 0.2) is 84.9 Å². The van der Waals surface area contributed by atoms with Crippen molar-refractivity contribution in [2.24, 2.45) is 0 Å². The maximum Gasteiger partial charge on any atom is 0.193 e. The molecule has 3 aromatic rings. The Bertz CT molecular complexity index is 925. The first-order valence-electron chi connectivity index (χ1n) is 8.53. The number of hydroxylamine groups is 2. The molecule has 4 rings (SSSR count). The summed E-state index contributed by atoms with van der Waals surface area (Å²) in [6, 6.07) is 23.9. The molecule has 0 aromatic heterocycles. The van der Waals surface area contributed by atoms with Gasteiger partial charge in [0.05, 0.1) is 0 Å². The minimum absolute atomic E-state index is 0.147. The Kier molecular flexibility index (Phi) is 4.20. The molecule has 5 heteroatoms. The van der Waals surface area contributed by atoms with Crippen molar-refractivity contribution in [3.8, 4) is 0 Å². The number of ketones is 2. The van der Waals surface area contributed by atoms with Crippen molar-refractivity contribution >= 4 is 11.6 Å². The van der Waals surface area contributed by atoms with Crippen LogP contribution in [-0.4, -0.2) is 27.5 Å². The summed E-state index contributed by atoms with van der Waals surface area (Å²) in [7, 11) is 0. The van der Waals surface area contributed by atoms with Gasteiger partial charge in [0, 0.05) is 17.0 Å². The summed E-state index contributed by atoms with van der Waals surface area (Å²) in [4.78, 5) is 26.7. The molecule has 0 bridgehead atoms. The van der Waals surface area contributed by atoms with E-state index < -0.39 is 28.2 Å². The van der Waals surface area contributed by atoms with Gasteiger partial charge in [-0.2, -0.15) is 0 Å². The molecule has 134 valence electrons. The maximum atomic E-state index is 13.3. The molecule has 0 unspecified atom stereocenters. The van der Waals surface area contributed by atoms with E-state index in [0.717, 1.165) is 0 Å². The number of hydrogen-bond acceptors (Lipinski definition) is 5. The highest BCUT2D eigenvalue weighted by Gasteiger charge is 2.59. The fraction of sp³-hybridized carbons (Fsp3) is 0.0909. The normalized spacial score (nSPS) is 15.4. The Balaban J connectivity index is 2.02. The maximum absolute atomic E-state index is 13.3. The third-order valence-corrected chi connectivity index (χ3v) is 5.09. The van der Waals surface area contributed by atoms with Gasteiger partial charge in [0.1, 0.15) is 0 Å². The van der Waals surface area contributed by atoms with Crippen LogP contribution in [-0.2, 0) is 0 Å². The van der Waals surface area contributed by atoms with Crippen molar-refractivity contribution in [1.82, 2.24) is 5.23 Å². The van der Waals surface area contributed by atoms with Gasteiger partial charge in [0.15, 0.2) is 17.1 Å². The second kappa shape index (κ2) is 6.55. The number of rotatable bonds is 4. The van der Waals surface area contributed by atoms with Gasteiger partial charge >= 0.3 is 0 Å². The minimum atomic E-state index is -2.30. The Labute approximate surface area is 156 Å². The van der Waals surface area contributed by atoms with Gasteiger partial charge in [0.25, 0.3) is 0 Å². The lowest BCUT2D eigenvalue weighted by Gasteiger charge is -2.44. The van der Waals surface area contributed by atoms with Crippen LogP contribution in [0, 0.1) is 5.21 Å². The zero-order valence-electron chi connectivity index (χ0n) is 14.3. The van der Waals surface area contributed by atoms with Gasteiger partial charge in [-0.05, 0) is 11.1 Å². The molecule has 3 aromatic carbocycles. The lowest BCUT2D eigenvalue weighted by atomic mass is 9.72. The number of carbonyl (C=O) groups excluding carboxylic acids is 2. The predicted molar refractivity (Wildman–Crippen MR) is 99.6 cm³/mol. The molecule has 0 amide bonds. The van der Waals surface area contributed by atoms with Crippen LogP contribution in [0.1, 0.15) is 37.8 Å². The molecule has 0 fully saturated rings. The minimum Gasteiger partial charge on any atom is -0.761 e. The van der Waals surface area contributed by atoms with Crippen molar-refractivity contribution in [3.05, 3.63) is 112 Å². The molecule has 0 atom stereocenters. The standard InChI is InChI=1S/C22H16NO4/c24-20-17-13-7-8-14-18(17)21(25)22(20,23(26)27)19(15-9-3-1-4-10-15)16-11-5-2-6-12-16/h1-14,19,26H/q-1. The first kappa shape index (κ1) is 17.3. The van der Waals surface area contributed by atoms with E-state index in [0.29, 0.717) is 11.1 Å². The van der Waals surface area contributed by atoms with Gasteiger partial charge in [-0.15, -0.1) is 0 Å². The summed E-state index contributed by atoms with van der Waals surface area (Å²) in [6.07, 6.45) is 0. The molecule has 0 saturated carbocycles. The average Bonchev–Trinajstić information content (AvgIpc) is 2.93. The second-order valence-electron chi connectivity index (χ2n) is 6.50. The molecule has 1 aliphatic carbocycles. The van der Waals surface area contributed by atoms with Gasteiger partial charge < -0.3 is 10.4 Å². The monoisotopic (exact) mass is 358 g/mol. The van der Waals surface area contributed by atoms with Crippen LogP contribution in [0.4, 0.5) is 0 Å². The van der Waals surface area contributed by atoms with E-state index in [1.807, 2.05) is 0 Å². The number of nitrogens with zero attached hydrogens (tertiary/aromatic N) is 1. The molecule has 0 aliphatic heterocycles. The Morgan fingerprint density at radius 1 is 0.704 bits per heavy atom. The van der Waals surface area contributed by atoms with E-state index in [2.05, 4.69) is 0 Å². The lowest BCUT2D eigenvalue weighted by Crippen LogP contribution is -2.57. The SMILES string of the molecule is O=C1c2ccccc2C(=O)C1(C(c1ccccc1)c1ccccc1)N([O-])O. The summed E-state index contributed by atoms with van der Waals surface area (Å²) in [5, 5.41) is 22.2. The molecular weight excluding hydrogens is 342 g/mol. The van der Waals surface area contributed by atoms with Crippen LogP contribution >= 0.6 is 0 Å². The number of fused-ring (bicyclic) bond motifs is 1. The fourth-order valence-electron chi connectivity index (χ4n) is 3.91. The number of carbonyl (C=O) groups is 2. The largest absolute Gasteiger partial charge is 0.761 e. The molecule has 0 spiro atoms. The number of hydrogen-bond donors (Lipinski definition) is 1. The van der Waals surface area contributed by atoms with Crippen molar-refractivity contribution in [1.29, 1.82) is 0 Å². The van der Waals surface area contributed by atoms with E-state index in [9.17, 15) is 20.0 Å². The van der Waals surface area contributed by atoms with Gasteiger partial charge in [-0.1, -0.05) is 84.9 Å². The van der Waals surface area contributed by atoms with E-state index >= 15 is 0 Å². The van der Waals surface area contributed by atoms with Gasteiger partial charge in [-0.25, -0.2) is 5.23 Å². The van der Waals surface area contributed by atoms with Gasteiger partial charge in [-0.3, -0.25) is 9.59 Å². The van der Waals surface area contributed by atoms with Crippen molar-refractivity contribution in [2.45, 2.75) is 11.5 Å². The average molecular weight is 358 g/mol. The van der Waals surface area contributed by atoms with Crippen LogP contribution in [0.25, 0.3) is 0 Å². The topological polar surface area (TPSA) is 80.7 Å². The summed E-state index contributed by atoms with van der Waals surface area (Å²) in [5.74, 6) is -2.36. The highest BCUT2D eigenvalue weighted by atomic mass is 16.8. The van der Waals surface area contributed by atoms with Crippen molar-refractivity contribution in [2.75, 3.05) is 0 Å². The Hall–Kier alpha value is -3.12. The number of Topliss-reactive ketones (excluding diaryl/α,β-unsaturated/α-hetero) is 2. The van der Waals surface area contributed by atoms with Gasteiger partial charge in [0.2, 0.25) is 0 Å². The highest BCUT2D eigenvalue weighted by molar-refractivity contribution is 6.33. The molecule has 0 radical (unpaired) electrons. The quantitative estimate of drug-likeness (QED) is 0.566. The smallest absolute Gasteiger partial charge is 0.193 e. The summed E-state index contributed by atoms with van der Waals surface area (Å²) < 4.78 is 0. The third kappa shape index (κ3) is 2.44. The Morgan fingerprint density at radius 3 is 1.44 bits per heavy atom. The first-order chi connectivity index (χ1) is 13.1. The zero-order valence-corrected chi connectivity index (χ0v) is 14.3. The third-order valence-electron chi connectivity index (χ3n) is 5.09. The summed E-state index contributed by atoms with van der Waals surface area (Å²) >= 11 is 0. The molecule has 0 saturated heterocycles. The van der Waals surface area contributed by atoms with Crippen LogP contribution < -0.4 is 0 Å². The summed E-state index contributed by atoms with van der Waals surface area (Å²) in [5.41, 5.74) is -0.823. The van der Waals surface area contributed by atoms with Crippen molar-refractivity contribution < 1.29 is 14.8 Å².